The molecule has 5 heteroatoms. The van der Waals surface area contributed by atoms with Gasteiger partial charge in [-0.05, 0) is 6.42 Å². The van der Waals surface area contributed by atoms with Crippen molar-refractivity contribution in [3.05, 3.63) is 0 Å². The summed E-state index contributed by atoms with van der Waals surface area (Å²) in [6, 6.07) is -1.00. The van der Waals surface area contributed by atoms with E-state index in [1.165, 1.54) is 0 Å². The quantitative estimate of drug-likeness (QED) is 0.414. The Bertz CT molecular complexity index is 202. The van der Waals surface area contributed by atoms with E-state index in [0.717, 1.165) is 6.29 Å². The number of imide groups is 1. The maximum atomic E-state index is 10.8. The Morgan fingerprint density at radius 2 is 2.18 bits per heavy atom. The minimum absolute atomic E-state index is 0.290. The largest absolute Gasteiger partial charge is 0.326 e. The van der Waals surface area contributed by atoms with Gasteiger partial charge in [-0.15, -0.1) is 0 Å². The van der Waals surface area contributed by atoms with Crippen LogP contribution < -0.4 is 10.6 Å². The topological polar surface area (TPSA) is 75.3 Å². The van der Waals surface area contributed by atoms with E-state index in [9.17, 15) is 14.4 Å². The first kappa shape index (κ1) is 7.71. The van der Waals surface area contributed by atoms with Crippen molar-refractivity contribution in [1.29, 1.82) is 0 Å². The smallest absolute Gasteiger partial charge is 0.322 e. The van der Waals surface area contributed by atoms with Crippen LogP contribution in [-0.4, -0.2) is 24.3 Å². The van der Waals surface area contributed by atoms with Crippen molar-refractivity contribution in [2.75, 3.05) is 0 Å². The second-order valence-corrected chi connectivity index (χ2v) is 2.26. The van der Waals surface area contributed by atoms with Crippen LogP contribution in [0.4, 0.5) is 4.79 Å². The Morgan fingerprint density at radius 1 is 1.45 bits per heavy atom. The number of amides is 3. The Balaban J connectivity index is 2.40. The third kappa shape index (κ3) is 1.76. The molecule has 0 unspecified atom stereocenters. The van der Waals surface area contributed by atoms with Crippen molar-refractivity contribution in [2.45, 2.75) is 18.9 Å². The first-order valence-electron chi connectivity index (χ1n) is 3.29. The number of carbonyl (C=O) groups is 3. The van der Waals surface area contributed by atoms with Crippen molar-refractivity contribution >= 4 is 18.2 Å². The normalized spacial score (nSPS) is 22.7. The lowest BCUT2D eigenvalue weighted by Gasteiger charge is -2.01. The summed E-state index contributed by atoms with van der Waals surface area (Å²) in [7, 11) is 0. The summed E-state index contributed by atoms with van der Waals surface area (Å²) in [6.45, 7) is 0. The second-order valence-electron chi connectivity index (χ2n) is 2.26. The van der Waals surface area contributed by atoms with Crippen molar-refractivity contribution in [3.63, 3.8) is 0 Å². The Morgan fingerprint density at radius 3 is 2.64 bits per heavy atom. The van der Waals surface area contributed by atoms with Crippen molar-refractivity contribution < 1.29 is 14.4 Å². The highest BCUT2D eigenvalue weighted by Crippen LogP contribution is 1.99. The number of aldehydes is 1. The molecule has 0 aliphatic carbocycles. The van der Waals surface area contributed by atoms with Crippen molar-refractivity contribution in [3.8, 4) is 0 Å². The predicted molar refractivity (Wildman–Crippen MR) is 35.8 cm³/mol. The molecular weight excluding hydrogens is 148 g/mol. The molecule has 0 aromatic heterocycles. The Hall–Kier alpha value is -1.39. The molecule has 0 bridgehead atoms. The minimum Gasteiger partial charge on any atom is -0.326 e. The summed E-state index contributed by atoms with van der Waals surface area (Å²) >= 11 is 0. The maximum Gasteiger partial charge on any atom is 0.322 e. The molecule has 1 aliphatic rings. The number of hydrogen-bond acceptors (Lipinski definition) is 3. The molecule has 5 nitrogen and oxygen atoms in total. The second kappa shape index (κ2) is 3.14. The van der Waals surface area contributed by atoms with Crippen LogP contribution in [0.15, 0.2) is 0 Å². The van der Waals surface area contributed by atoms with Crippen molar-refractivity contribution in [1.82, 2.24) is 10.6 Å². The van der Waals surface area contributed by atoms with Gasteiger partial charge in [-0.2, -0.15) is 0 Å². The van der Waals surface area contributed by atoms with E-state index in [2.05, 4.69) is 10.6 Å². The van der Waals surface area contributed by atoms with Gasteiger partial charge in [0.05, 0.1) is 0 Å². The van der Waals surface area contributed by atoms with Gasteiger partial charge in [-0.25, -0.2) is 4.79 Å². The molecule has 2 N–H and O–H groups in total. The summed E-state index contributed by atoms with van der Waals surface area (Å²) in [6.07, 6.45) is 1.39. The molecule has 1 atom stereocenters. The fraction of sp³-hybridized carbons (Fsp3) is 0.500. The van der Waals surface area contributed by atoms with Gasteiger partial charge in [0.15, 0.2) is 0 Å². The molecule has 1 heterocycles. The fourth-order valence-corrected chi connectivity index (χ4v) is 0.897. The molecule has 1 aliphatic heterocycles. The van der Waals surface area contributed by atoms with Crippen LogP contribution in [-0.2, 0) is 9.59 Å². The molecule has 0 aromatic carbocycles. The molecular formula is C6H8N2O3. The lowest BCUT2D eigenvalue weighted by Crippen LogP contribution is -2.28. The number of carbonyl (C=O) groups excluding carboxylic acids is 3. The summed E-state index contributed by atoms with van der Waals surface area (Å²) in [5.41, 5.74) is 0. The molecule has 3 amide bonds. The number of rotatable bonds is 3. The van der Waals surface area contributed by atoms with Gasteiger partial charge in [0, 0.05) is 6.42 Å². The molecule has 60 valence electrons. The summed E-state index contributed by atoms with van der Waals surface area (Å²) in [4.78, 5) is 31.2. The standard InChI is InChI=1S/C6H8N2O3/c9-3-1-2-4-5(10)8-6(11)7-4/h3-4H,1-2H2,(H2,7,8,10,11)/t4-/m1/s1. The Kier molecular flexibility index (Phi) is 2.20. The van der Waals surface area contributed by atoms with Gasteiger partial charge in [0.1, 0.15) is 12.3 Å². The SMILES string of the molecule is O=CCC[C@H]1NC(=O)NC1=O. The fourth-order valence-electron chi connectivity index (χ4n) is 0.897. The zero-order chi connectivity index (χ0) is 8.27. The van der Waals surface area contributed by atoms with Crippen LogP contribution in [0.1, 0.15) is 12.8 Å². The van der Waals surface area contributed by atoms with E-state index in [-0.39, 0.29) is 5.91 Å². The van der Waals surface area contributed by atoms with Gasteiger partial charge >= 0.3 is 6.03 Å². The predicted octanol–water partition coefficient (Wildman–Crippen LogP) is -0.827. The number of nitrogens with one attached hydrogen (secondary N) is 2. The highest BCUT2D eigenvalue weighted by Gasteiger charge is 2.28. The lowest BCUT2D eigenvalue weighted by atomic mass is 10.2. The molecule has 0 aromatic rings. The number of urea groups is 1. The average molecular weight is 156 g/mol. The summed E-state index contributed by atoms with van der Waals surface area (Å²) in [5, 5.41) is 4.45. The number of hydrogen-bond donors (Lipinski definition) is 2. The summed E-state index contributed by atoms with van der Waals surface area (Å²) in [5.74, 6) is -0.350. The van der Waals surface area contributed by atoms with Crippen LogP contribution in [0.5, 0.6) is 0 Å². The third-order valence-electron chi connectivity index (χ3n) is 1.43. The van der Waals surface area contributed by atoms with E-state index in [1.54, 1.807) is 0 Å². The third-order valence-corrected chi connectivity index (χ3v) is 1.43. The van der Waals surface area contributed by atoms with Crippen LogP contribution in [0.3, 0.4) is 0 Å². The van der Waals surface area contributed by atoms with Gasteiger partial charge in [-0.3, -0.25) is 10.1 Å². The highest BCUT2D eigenvalue weighted by atomic mass is 16.2. The molecule has 1 saturated heterocycles. The van der Waals surface area contributed by atoms with E-state index in [4.69, 9.17) is 0 Å². The van der Waals surface area contributed by atoms with Gasteiger partial charge in [-0.1, -0.05) is 0 Å². The van der Waals surface area contributed by atoms with Crippen LogP contribution >= 0.6 is 0 Å². The maximum absolute atomic E-state index is 10.8. The average Bonchev–Trinajstić information content (AvgIpc) is 2.26. The first-order valence-corrected chi connectivity index (χ1v) is 3.29. The van der Waals surface area contributed by atoms with E-state index in [0.29, 0.717) is 12.8 Å². The van der Waals surface area contributed by atoms with E-state index < -0.39 is 12.1 Å². The van der Waals surface area contributed by atoms with Crippen LogP contribution in [0.25, 0.3) is 0 Å². The highest BCUT2D eigenvalue weighted by molar-refractivity contribution is 6.04. The molecule has 0 spiro atoms. The Labute approximate surface area is 63.1 Å². The molecule has 1 fully saturated rings. The molecule has 0 saturated carbocycles. The molecule has 1 rings (SSSR count). The molecule has 0 radical (unpaired) electrons. The van der Waals surface area contributed by atoms with Crippen LogP contribution in [0, 0.1) is 0 Å². The zero-order valence-corrected chi connectivity index (χ0v) is 5.79. The van der Waals surface area contributed by atoms with Gasteiger partial charge in [0.25, 0.3) is 5.91 Å². The van der Waals surface area contributed by atoms with Crippen molar-refractivity contribution in [2.24, 2.45) is 0 Å². The van der Waals surface area contributed by atoms with E-state index in [1.807, 2.05) is 0 Å². The minimum atomic E-state index is -0.521. The lowest BCUT2D eigenvalue weighted by molar-refractivity contribution is -0.120. The van der Waals surface area contributed by atoms with Gasteiger partial charge < -0.3 is 10.1 Å². The molecule has 11 heavy (non-hydrogen) atoms. The van der Waals surface area contributed by atoms with Crippen LogP contribution in [0.2, 0.25) is 0 Å². The first-order chi connectivity index (χ1) is 5.24. The monoisotopic (exact) mass is 156 g/mol. The zero-order valence-electron chi connectivity index (χ0n) is 5.79. The van der Waals surface area contributed by atoms with Gasteiger partial charge in [0.2, 0.25) is 0 Å². The van der Waals surface area contributed by atoms with E-state index >= 15 is 0 Å². The summed E-state index contributed by atoms with van der Waals surface area (Å²) < 4.78 is 0.